The SMILES string of the molecule is CC(C)C(CC(=O)O)CS(=O)(=O)C(C)C. The van der Waals surface area contributed by atoms with Crippen LogP contribution in [0.2, 0.25) is 0 Å². The van der Waals surface area contributed by atoms with Crippen molar-refractivity contribution in [1.82, 2.24) is 0 Å². The van der Waals surface area contributed by atoms with Gasteiger partial charge in [0.25, 0.3) is 0 Å². The molecule has 0 aliphatic rings. The molecule has 0 radical (unpaired) electrons. The van der Waals surface area contributed by atoms with E-state index in [1.54, 1.807) is 13.8 Å². The van der Waals surface area contributed by atoms with Crippen molar-refractivity contribution in [3.8, 4) is 0 Å². The Bertz CT molecular complexity index is 303. The molecule has 5 heteroatoms. The molecular formula is C10H20O4S. The zero-order chi connectivity index (χ0) is 12.2. The lowest BCUT2D eigenvalue weighted by Gasteiger charge is -2.20. The molecule has 4 nitrogen and oxygen atoms in total. The molecule has 0 aromatic rings. The highest BCUT2D eigenvalue weighted by Gasteiger charge is 2.26. The minimum absolute atomic E-state index is 0.0331. The molecule has 0 aliphatic carbocycles. The second-order valence-corrected chi connectivity index (χ2v) is 7.08. The van der Waals surface area contributed by atoms with Crippen LogP contribution in [0.5, 0.6) is 0 Å². The van der Waals surface area contributed by atoms with E-state index in [4.69, 9.17) is 5.11 Å². The summed E-state index contributed by atoms with van der Waals surface area (Å²) in [5, 5.41) is 8.24. The third-order valence-electron chi connectivity index (χ3n) is 2.54. The maximum atomic E-state index is 11.6. The summed E-state index contributed by atoms with van der Waals surface area (Å²) in [6.07, 6.45) is -0.0797. The largest absolute Gasteiger partial charge is 0.481 e. The van der Waals surface area contributed by atoms with Gasteiger partial charge in [0.2, 0.25) is 0 Å². The molecule has 0 aromatic carbocycles. The van der Waals surface area contributed by atoms with Crippen LogP contribution in [-0.2, 0) is 14.6 Å². The highest BCUT2D eigenvalue weighted by molar-refractivity contribution is 7.91. The summed E-state index contributed by atoms with van der Waals surface area (Å²) in [4.78, 5) is 10.6. The topological polar surface area (TPSA) is 71.4 Å². The van der Waals surface area contributed by atoms with Gasteiger partial charge in [0.15, 0.2) is 9.84 Å². The fourth-order valence-electron chi connectivity index (χ4n) is 1.20. The van der Waals surface area contributed by atoms with Crippen LogP contribution >= 0.6 is 0 Å². The summed E-state index contributed by atoms with van der Waals surface area (Å²) in [6, 6.07) is 0. The molecule has 0 saturated carbocycles. The van der Waals surface area contributed by atoms with Gasteiger partial charge in [-0.25, -0.2) is 8.42 Å². The lowest BCUT2D eigenvalue weighted by molar-refractivity contribution is -0.138. The lowest BCUT2D eigenvalue weighted by Crippen LogP contribution is -2.28. The van der Waals surface area contributed by atoms with Gasteiger partial charge in [0, 0.05) is 6.42 Å². The Morgan fingerprint density at radius 1 is 1.20 bits per heavy atom. The van der Waals surface area contributed by atoms with Crippen molar-refractivity contribution in [2.24, 2.45) is 11.8 Å². The molecule has 1 N–H and O–H groups in total. The van der Waals surface area contributed by atoms with Crippen molar-refractivity contribution in [2.75, 3.05) is 5.75 Å². The van der Waals surface area contributed by atoms with E-state index in [-0.39, 0.29) is 24.0 Å². The standard InChI is InChI=1S/C10H20O4S/c1-7(2)9(5-10(11)12)6-15(13,14)8(3)4/h7-9H,5-6H2,1-4H3,(H,11,12). The first-order chi connectivity index (χ1) is 6.66. The molecule has 0 spiro atoms. The monoisotopic (exact) mass is 236 g/mol. The average Bonchev–Trinajstić information content (AvgIpc) is 2.01. The van der Waals surface area contributed by atoms with Gasteiger partial charge < -0.3 is 5.11 Å². The molecule has 0 saturated heterocycles. The van der Waals surface area contributed by atoms with Crippen LogP contribution in [0.15, 0.2) is 0 Å². The second kappa shape index (κ2) is 5.49. The summed E-state index contributed by atoms with van der Waals surface area (Å²) in [5.41, 5.74) is 0. The first-order valence-electron chi connectivity index (χ1n) is 5.10. The van der Waals surface area contributed by atoms with Gasteiger partial charge in [0.05, 0.1) is 11.0 Å². The number of carboxylic acids is 1. The minimum atomic E-state index is -3.15. The first kappa shape index (κ1) is 14.4. The fraction of sp³-hybridized carbons (Fsp3) is 0.900. The molecule has 0 rings (SSSR count). The molecule has 0 amide bonds. The molecule has 0 fully saturated rings. The van der Waals surface area contributed by atoms with Crippen LogP contribution in [0.1, 0.15) is 34.1 Å². The Morgan fingerprint density at radius 3 is 1.93 bits per heavy atom. The van der Waals surface area contributed by atoms with Crippen molar-refractivity contribution in [2.45, 2.75) is 39.4 Å². The predicted molar refractivity (Wildman–Crippen MR) is 59.5 cm³/mol. The van der Waals surface area contributed by atoms with Gasteiger partial charge in [-0.2, -0.15) is 0 Å². The Morgan fingerprint density at radius 2 is 1.67 bits per heavy atom. The van der Waals surface area contributed by atoms with Crippen molar-refractivity contribution in [3.05, 3.63) is 0 Å². The molecular weight excluding hydrogens is 216 g/mol. The van der Waals surface area contributed by atoms with Gasteiger partial charge >= 0.3 is 5.97 Å². The van der Waals surface area contributed by atoms with Gasteiger partial charge in [-0.3, -0.25) is 4.79 Å². The van der Waals surface area contributed by atoms with Crippen LogP contribution in [-0.4, -0.2) is 30.5 Å². The van der Waals surface area contributed by atoms with E-state index < -0.39 is 21.1 Å². The number of hydrogen-bond acceptors (Lipinski definition) is 3. The van der Waals surface area contributed by atoms with Gasteiger partial charge in [0.1, 0.15) is 0 Å². The van der Waals surface area contributed by atoms with Gasteiger partial charge in [-0.05, 0) is 25.7 Å². The number of hydrogen-bond donors (Lipinski definition) is 1. The molecule has 0 bridgehead atoms. The normalized spacial score (nSPS) is 14.5. The second-order valence-electron chi connectivity index (χ2n) is 4.48. The van der Waals surface area contributed by atoms with E-state index >= 15 is 0 Å². The molecule has 1 unspecified atom stereocenters. The Hall–Kier alpha value is -0.580. The summed E-state index contributed by atoms with van der Waals surface area (Å²) >= 11 is 0. The number of carboxylic acid groups (broad SMARTS) is 1. The van der Waals surface area contributed by atoms with Gasteiger partial charge in [-0.15, -0.1) is 0 Å². The lowest BCUT2D eigenvalue weighted by atomic mass is 9.95. The third kappa shape index (κ3) is 5.16. The highest BCUT2D eigenvalue weighted by atomic mass is 32.2. The number of rotatable bonds is 6. The van der Waals surface area contributed by atoms with E-state index in [2.05, 4.69) is 0 Å². The van der Waals surface area contributed by atoms with Crippen LogP contribution in [0, 0.1) is 11.8 Å². The Labute approximate surface area is 91.6 Å². The summed E-state index contributed by atoms with van der Waals surface area (Å²) in [6.45, 7) is 6.94. The molecule has 0 aliphatic heterocycles. The summed E-state index contributed by atoms with van der Waals surface area (Å²) in [7, 11) is -3.15. The van der Waals surface area contributed by atoms with E-state index in [1.807, 2.05) is 13.8 Å². The molecule has 0 heterocycles. The van der Waals surface area contributed by atoms with Crippen LogP contribution in [0.3, 0.4) is 0 Å². The maximum absolute atomic E-state index is 11.6. The quantitative estimate of drug-likeness (QED) is 0.759. The van der Waals surface area contributed by atoms with E-state index in [0.717, 1.165) is 0 Å². The maximum Gasteiger partial charge on any atom is 0.303 e. The van der Waals surface area contributed by atoms with Crippen molar-refractivity contribution >= 4 is 15.8 Å². The predicted octanol–water partition coefficient (Wildman–Crippen LogP) is 1.56. The molecule has 0 aromatic heterocycles. The average molecular weight is 236 g/mol. The Balaban J connectivity index is 4.63. The minimum Gasteiger partial charge on any atom is -0.481 e. The fourth-order valence-corrected chi connectivity index (χ4v) is 2.69. The molecule has 1 atom stereocenters. The molecule has 90 valence electrons. The summed E-state index contributed by atoms with van der Waals surface area (Å²) in [5.74, 6) is -1.20. The van der Waals surface area contributed by atoms with Crippen molar-refractivity contribution in [1.29, 1.82) is 0 Å². The third-order valence-corrected chi connectivity index (χ3v) is 4.87. The Kier molecular flexibility index (Phi) is 5.28. The van der Waals surface area contributed by atoms with E-state index in [1.165, 1.54) is 0 Å². The first-order valence-corrected chi connectivity index (χ1v) is 6.81. The smallest absolute Gasteiger partial charge is 0.303 e. The van der Waals surface area contributed by atoms with Crippen LogP contribution < -0.4 is 0 Å². The highest BCUT2D eigenvalue weighted by Crippen LogP contribution is 2.19. The van der Waals surface area contributed by atoms with Crippen LogP contribution in [0.25, 0.3) is 0 Å². The zero-order valence-corrected chi connectivity index (χ0v) is 10.5. The van der Waals surface area contributed by atoms with Crippen molar-refractivity contribution < 1.29 is 18.3 Å². The van der Waals surface area contributed by atoms with Crippen LogP contribution in [0.4, 0.5) is 0 Å². The zero-order valence-electron chi connectivity index (χ0n) is 9.73. The molecule has 15 heavy (non-hydrogen) atoms. The number of sulfone groups is 1. The van der Waals surface area contributed by atoms with Gasteiger partial charge in [-0.1, -0.05) is 13.8 Å². The summed E-state index contributed by atoms with van der Waals surface area (Å²) < 4.78 is 23.3. The van der Waals surface area contributed by atoms with E-state index in [0.29, 0.717) is 0 Å². The number of carbonyl (C=O) groups is 1. The van der Waals surface area contributed by atoms with E-state index in [9.17, 15) is 13.2 Å². The van der Waals surface area contributed by atoms with Crippen molar-refractivity contribution in [3.63, 3.8) is 0 Å². The number of aliphatic carboxylic acids is 1.